The SMILES string of the molecule is COCCn1c(=O)c2c(nc3n2CCN3c2ccc(Oc3ccccc3)cc2)n(C)c1=O. The van der Waals surface area contributed by atoms with Gasteiger partial charge in [-0.15, -0.1) is 0 Å². The van der Waals surface area contributed by atoms with Gasteiger partial charge in [-0.05, 0) is 36.4 Å². The number of fused-ring (bicyclic) bond motifs is 3. The van der Waals surface area contributed by atoms with Gasteiger partial charge in [-0.1, -0.05) is 18.2 Å². The maximum absolute atomic E-state index is 13.1. The quantitative estimate of drug-likeness (QED) is 0.465. The molecule has 4 aromatic rings. The van der Waals surface area contributed by atoms with E-state index in [0.717, 1.165) is 17.2 Å². The zero-order valence-corrected chi connectivity index (χ0v) is 17.9. The lowest BCUT2D eigenvalue weighted by atomic mass is 10.2. The van der Waals surface area contributed by atoms with Gasteiger partial charge in [-0.3, -0.25) is 13.9 Å². The van der Waals surface area contributed by atoms with Crippen LogP contribution < -0.4 is 20.9 Å². The first-order valence-corrected chi connectivity index (χ1v) is 10.4. The second kappa shape index (κ2) is 8.01. The molecule has 0 unspecified atom stereocenters. The number of hydrogen-bond donors (Lipinski definition) is 0. The highest BCUT2D eigenvalue weighted by atomic mass is 16.5. The number of para-hydroxylation sites is 1. The van der Waals surface area contributed by atoms with Crippen molar-refractivity contribution in [2.75, 3.05) is 25.2 Å². The van der Waals surface area contributed by atoms with Crippen LogP contribution >= 0.6 is 0 Å². The fraction of sp³-hybridized carbons (Fsp3) is 0.261. The van der Waals surface area contributed by atoms with E-state index in [0.29, 0.717) is 30.2 Å². The molecule has 9 nitrogen and oxygen atoms in total. The summed E-state index contributed by atoms with van der Waals surface area (Å²) < 4.78 is 15.4. The third kappa shape index (κ3) is 3.27. The summed E-state index contributed by atoms with van der Waals surface area (Å²) in [6.07, 6.45) is 0. The van der Waals surface area contributed by atoms with Gasteiger partial charge in [0.2, 0.25) is 5.95 Å². The smallest absolute Gasteiger partial charge is 0.332 e. The molecule has 0 saturated heterocycles. The Hall–Kier alpha value is -3.85. The van der Waals surface area contributed by atoms with Crippen molar-refractivity contribution in [1.82, 2.24) is 18.7 Å². The lowest BCUT2D eigenvalue weighted by Gasteiger charge is -2.16. The van der Waals surface area contributed by atoms with Crippen molar-refractivity contribution >= 4 is 22.8 Å². The Morgan fingerprint density at radius 1 is 0.969 bits per heavy atom. The molecule has 0 N–H and O–H groups in total. The average molecular weight is 433 g/mol. The molecule has 1 aliphatic heterocycles. The molecule has 5 rings (SSSR count). The van der Waals surface area contributed by atoms with Gasteiger partial charge in [0.25, 0.3) is 5.56 Å². The molecule has 1 aliphatic rings. The van der Waals surface area contributed by atoms with Crippen LogP contribution in [-0.2, 0) is 24.9 Å². The summed E-state index contributed by atoms with van der Waals surface area (Å²) in [6, 6.07) is 17.3. The van der Waals surface area contributed by atoms with E-state index in [1.165, 1.54) is 9.13 Å². The van der Waals surface area contributed by atoms with Gasteiger partial charge in [0.15, 0.2) is 11.2 Å². The molecule has 0 atom stereocenters. The summed E-state index contributed by atoms with van der Waals surface area (Å²) in [4.78, 5) is 32.5. The minimum absolute atomic E-state index is 0.199. The molecular formula is C23H23N5O4. The van der Waals surface area contributed by atoms with Gasteiger partial charge in [0.1, 0.15) is 11.5 Å². The Kier molecular flexibility index (Phi) is 5.02. The third-order valence-electron chi connectivity index (χ3n) is 5.65. The van der Waals surface area contributed by atoms with Crippen LogP contribution in [0.15, 0.2) is 64.2 Å². The van der Waals surface area contributed by atoms with E-state index in [4.69, 9.17) is 9.47 Å². The number of imidazole rings is 1. The highest BCUT2D eigenvalue weighted by molar-refractivity contribution is 5.77. The first-order chi connectivity index (χ1) is 15.6. The number of benzene rings is 2. The van der Waals surface area contributed by atoms with Crippen LogP contribution in [0.25, 0.3) is 11.2 Å². The Labute approximate surface area is 183 Å². The normalized spacial score (nSPS) is 13.0. The van der Waals surface area contributed by atoms with Crippen LogP contribution in [0, 0.1) is 0 Å². The summed E-state index contributed by atoms with van der Waals surface area (Å²) in [6.45, 7) is 1.76. The minimum Gasteiger partial charge on any atom is -0.457 e. The topological polar surface area (TPSA) is 83.5 Å². The summed E-state index contributed by atoms with van der Waals surface area (Å²) in [7, 11) is 3.18. The predicted molar refractivity (Wildman–Crippen MR) is 121 cm³/mol. The summed E-state index contributed by atoms with van der Waals surface area (Å²) >= 11 is 0. The fourth-order valence-electron chi connectivity index (χ4n) is 4.02. The minimum atomic E-state index is -0.398. The van der Waals surface area contributed by atoms with Crippen LogP contribution in [0.2, 0.25) is 0 Å². The van der Waals surface area contributed by atoms with Crippen LogP contribution in [0.3, 0.4) is 0 Å². The number of nitrogens with zero attached hydrogens (tertiary/aromatic N) is 5. The highest BCUT2D eigenvalue weighted by Gasteiger charge is 2.28. The summed E-state index contributed by atoms with van der Waals surface area (Å²) in [5.74, 6) is 2.15. The molecular weight excluding hydrogens is 410 g/mol. The van der Waals surface area contributed by atoms with Crippen molar-refractivity contribution in [3.05, 3.63) is 75.4 Å². The van der Waals surface area contributed by atoms with Crippen LogP contribution in [0.4, 0.5) is 11.6 Å². The maximum Gasteiger partial charge on any atom is 0.332 e. The highest BCUT2D eigenvalue weighted by Crippen LogP contribution is 2.33. The molecule has 0 aliphatic carbocycles. The van der Waals surface area contributed by atoms with Crippen molar-refractivity contribution < 1.29 is 9.47 Å². The Balaban J connectivity index is 1.50. The molecule has 32 heavy (non-hydrogen) atoms. The monoisotopic (exact) mass is 433 g/mol. The Morgan fingerprint density at radius 3 is 2.41 bits per heavy atom. The van der Waals surface area contributed by atoms with Crippen LogP contribution in [-0.4, -0.2) is 38.9 Å². The zero-order valence-electron chi connectivity index (χ0n) is 17.9. The largest absolute Gasteiger partial charge is 0.457 e. The van der Waals surface area contributed by atoms with Gasteiger partial charge in [-0.2, -0.15) is 4.98 Å². The van der Waals surface area contributed by atoms with Crippen molar-refractivity contribution in [2.24, 2.45) is 7.05 Å². The number of aromatic nitrogens is 4. The second-order valence-electron chi connectivity index (χ2n) is 7.59. The molecule has 0 fully saturated rings. The molecule has 0 amide bonds. The number of hydrogen-bond acceptors (Lipinski definition) is 6. The van der Waals surface area contributed by atoms with E-state index in [1.54, 1.807) is 14.2 Å². The number of methoxy groups -OCH3 is 1. The fourth-order valence-corrected chi connectivity index (χ4v) is 4.02. The third-order valence-corrected chi connectivity index (χ3v) is 5.65. The number of aryl methyl sites for hydroxylation is 1. The van der Waals surface area contributed by atoms with Crippen LogP contribution in [0.5, 0.6) is 11.5 Å². The van der Waals surface area contributed by atoms with E-state index in [2.05, 4.69) is 4.98 Å². The molecule has 164 valence electrons. The van der Waals surface area contributed by atoms with Crippen LogP contribution in [0.1, 0.15) is 0 Å². The van der Waals surface area contributed by atoms with E-state index in [-0.39, 0.29) is 18.7 Å². The van der Waals surface area contributed by atoms with Crippen molar-refractivity contribution in [3.63, 3.8) is 0 Å². The number of ether oxygens (including phenoxy) is 2. The summed E-state index contributed by atoms with van der Waals surface area (Å²) in [5.41, 5.74) is 1.02. The summed E-state index contributed by atoms with van der Waals surface area (Å²) in [5, 5.41) is 0. The van der Waals surface area contributed by atoms with Crippen molar-refractivity contribution in [3.8, 4) is 11.5 Å². The first kappa shape index (κ1) is 20.1. The molecule has 9 heteroatoms. The molecule has 2 aromatic heterocycles. The number of anilines is 2. The van der Waals surface area contributed by atoms with E-state index in [9.17, 15) is 9.59 Å². The van der Waals surface area contributed by atoms with Crippen molar-refractivity contribution in [2.45, 2.75) is 13.1 Å². The van der Waals surface area contributed by atoms with Gasteiger partial charge >= 0.3 is 5.69 Å². The van der Waals surface area contributed by atoms with E-state index < -0.39 is 5.69 Å². The van der Waals surface area contributed by atoms with Crippen molar-refractivity contribution in [1.29, 1.82) is 0 Å². The molecule has 3 heterocycles. The number of rotatable bonds is 6. The van der Waals surface area contributed by atoms with Gasteiger partial charge in [-0.25, -0.2) is 4.79 Å². The Bertz CT molecular complexity index is 1390. The Morgan fingerprint density at radius 2 is 1.69 bits per heavy atom. The predicted octanol–water partition coefficient (Wildman–Crippen LogP) is 2.49. The zero-order chi connectivity index (χ0) is 22.2. The van der Waals surface area contributed by atoms with Gasteiger partial charge in [0.05, 0.1) is 13.2 Å². The lowest BCUT2D eigenvalue weighted by Crippen LogP contribution is -2.40. The maximum atomic E-state index is 13.1. The molecule has 0 radical (unpaired) electrons. The van der Waals surface area contributed by atoms with Gasteiger partial charge < -0.3 is 18.9 Å². The molecule has 0 spiro atoms. The first-order valence-electron chi connectivity index (χ1n) is 10.4. The standard InChI is InChI=1S/C23H23N5O4/c1-25-20-19(21(29)28(23(25)30)14-15-31-2)27-13-12-26(22(27)24-20)16-8-10-18(11-9-16)32-17-6-4-3-5-7-17/h3-11H,12-15H2,1-2H3. The molecule has 0 saturated carbocycles. The average Bonchev–Trinajstić information content (AvgIpc) is 3.39. The van der Waals surface area contributed by atoms with E-state index >= 15 is 0 Å². The van der Waals surface area contributed by atoms with E-state index in [1.807, 2.05) is 64.1 Å². The van der Waals surface area contributed by atoms with Gasteiger partial charge in [0, 0.05) is 32.9 Å². The molecule has 0 bridgehead atoms. The second-order valence-corrected chi connectivity index (χ2v) is 7.59. The lowest BCUT2D eigenvalue weighted by molar-refractivity contribution is 0.184. The molecule has 2 aromatic carbocycles.